The highest BCUT2D eigenvalue weighted by Crippen LogP contribution is 2.22. The van der Waals surface area contributed by atoms with E-state index >= 15 is 0 Å². The molecule has 0 aliphatic carbocycles. The minimum Gasteiger partial charge on any atom is -0.325 e. The fourth-order valence-corrected chi connectivity index (χ4v) is 1.84. The molecule has 0 saturated carbocycles. The number of nitriles is 1. The molecule has 2 rings (SSSR count). The zero-order chi connectivity index (χ0) is 17.7. The average Bonchev–Trinajstić information content (AvgIpc) is 2.57. The first kappa shape index (κ1) is 17.2. The van der Waals surface area contributed by atoms with Gasteiger partial charge in [-0.05, 0) is 62.4 Å². The lowest BCUT2D eigenvalue weighted by Gasteiger charge is -2.22. The first-order valence-electron chi connectivity index (χ1n) is 7.21. The molecule has 2 amide bonds. The van der Waals surface area contributed by atoms with E-state index in [0.29, 0.717) is 16.9 Å². The highest BCUT2D eigenvalue weighted by molar-refractivity contribution is 6.13. The highest BCUT2D eigenvalue weighted by atomic mass is 19.1. The second-order valence-corrected chi connectivity index (χ2v) is 5.73. The number of carbonyl (C=O) groups excluding carboxylic acids is 2. The molecular formula is C18H16FN3O2. The molecule has 122 valence electrons. The number of nitrogens with zero attached hydrogens (tertiary/aromatic N) is 1. The molecule has 0 radical (unpaired) electrons. The second kappa shape index (κ2) is 6.92. The number of rotatable bonds is 4. The Kier molecular flexibility index (Phi) is 4.95. The zero-order valence-corrected chi connectivity index (χ0v) is 13.3. The summed E-state index contributed by atoms with van der Waals surface area (Å²) < 4.78 is 12.9. The largest absolute Gasteiger partial charge is 0.325 e. The quantitative estimate of drug-likeness (QED) is 0.846. The molecular weight excluding hydrogens is 309 g/mol. The van der Waals surface area contributed by atoms with Gasteiger partial charge < -0.3 is 10.6 Å². The van der Waals surface area contributed by atoms with Crippen LogP contribution in [-0.2, 0) is 9.59 Å². The molecule has 0 aliphatic rings. The molecule has 0 aliphatic heterocycles. The lowest BCUT2D eigenvalue weighted by atomic mass is 9.90. The van der Waals surface area contributed by atoms with Gasteiger partial charge in [0.05, 0.1) is 11.6 Å². The minimum atomic E-state index is -1.34. The summed E-state index contributed by atoms with van der Waals surface area (Å²) in [5, 5.41) is 14.0. The molecule has 0 unspecified atom stereocenters. The highest BCUT2D eigenvalue weighted by Gasteiger charge is 2.36. The van der Waals surface area contributed by atoms with Gasteiger partial charge in [-0.1, -0.05) is 0 Å². The number of halogens is 1. The van der Waals surface area contributed by atoms with Crippen molar-refractivity contribution in [2.75, 3.05) is 10.6 Å². The van der Waals surface area contributed by atoms with Crippen molar-refractivity contribution in [2.45, 2.75) is 13.8 Å². The van der Waals surface area contributed by atoms with Crippen LogP contribution in [0, 0.1) is 22.6 Å². The molecule has 6 heteroatoms. The third kappa shape index (κ3) is 3.96. The predicted molar refractivity (Wildman–Crippen MR) is 88.6 cm³/mol. The SMILES string of the molecule is CC(C)(C(=O)Nc1ccc(F)cc1)C(=O)Nc1ccc(C#N)cc1. The molecule has 0 spiro atoms. The Morgan fingerprint density at radius 1 is 0.917 bits per heavy atom. The number of carbonyl (C=O) groups is 2. The lowest BCUT2D eigenvalue weighted by molar-refractivity contribution is -0.135. The minimum absolute atomic E-state index is 0.403. The second-order valence-electron chi connectivity index (χ2n) is 5.73. The van der Waals surface area contributed by atoms with E-state index in [1.165, 1.54) is 38.1 Å². The van der Waals surface area contributed by atoms with Gasteiger partial charge in [0.1, 0.15) is 11.2 Å². The van der Waals surface area contributed by atoms with Crippen LogP contribution in [0.25, 0.3) is 0 Å². The van der Waals surface area contributed by atoms with Crippen LogP contribution in [0.2, 0.25) is 0 Å². The average molecular weight is 325 g/mol. The van der Waals surface area contributed by atoms with Gasteiger partial charge in [-0.2, -0.15) is 5.26 Å². The first-order chi connectivity index (χ1) is 11.3. The van der Waals surface area contributed by atoms with Crippen molar-refractivity contribution in [3.8, 4) is 6.07 Å². The molecule has 0 atom stereocenters. The monoisotopic (exact) mass is 325 g/mol. The van der Waals surface area contributed by atoms with Crippen LogP contribution in [0.4, 0.5) is 15.8 Å². The van der Waals surface area contributed by atoms with Crippen molar-refractivity contribution in [2.24, 2.45) is 5.41 Å². The van der Waals surface area contributed by atoms with Gasteiger partial charge in [-0.3, -0.25) is 9.59 Å². The summed E-state index contributed by atoms with van der Waals surface area (Å²) in [6.45, 7) is 2.98. The molecule has 2 aromatic carbocycles. The fourth-order valence-electron chi connectivity index (χ4n) is 1.84. The number of hydrogen-bond acceptors (Lipinski definition) is 3. The van der Waals surface area contributed by atoms with Crippen LogP contribution >= 0.6 is 0 Å². The van der Waals surface area contributed by atoms with Crippen molar-refractivity contribution in [3.63, 3.8) is 0 Å². The van der Waals surface area contributed by atoms with Crippen LogP contribution in [0.3, 0.4) is 0 Å². The summed E-state index contributed by atoms with van der Waals surface area (Å²) in [6, 6.07) is 13.6. The van der Waals surface area contributed by atoms with Gasteiger partial charge in [0.25, 0.3) is 0 Å². The summed E-state index contributed by atoms with van der Waals surface area (Å²) in [7, 11) is 0. The third-order valence-electron chi connectivity index (χ3n) is 3.51. The molecule has 0 saturated heterocycles. The number of benzene rings is 2. The summed E-state index contributed by atoms with van der Waals surface area (Å²) >= 11 is 0. The molecule has 2 aromatic rings. The van der Waals surface area contributed by atoms with E-state index in [4.69, 9.17) is 5.26 Å². The van der Waals surface area contributed by atoms with Gasteiger partial charge >= 0.3 is 0 Å². The lowest BCUT2D eigenvalue weighted by Crippen LogP contribution is -2.41. The van der Waals surface area contributed by atoms with E-state index < -0.39 is 23.0 Å². The Morgan fingerprint density at radius 2 is 1.33 bits per heavy atom. The van der Waals surface area contributed by atoms with Crippen molar-refractivity contribution in [3.05, 3.63) is 59.9 Å². The van der Waals surface area contributed by atoms with Crippen molar-refractivity contribution < 1.29 is 14.0 Å². The van der Waals surface area contributed by atoms with E-state index in [1.807, 2.05) is 6.07 Å². The van der Waals surface area contributed by atoms with E-state index in [2.05, 4.69) is 10.6 Å². The van der Waals surface area contributed by atoms with Gasteiger partial charge in [0.2, 0.25) is 11.8 Å². The maximum atomic E-state index is 12.9. The molecule has 0 fully saturated rings. The standard InChI is InChI=1S/C18H16FN3O2/c1-18(2,17(24)22-15-9-5-13(19)6-10-15)16(23)21-14-7-3-12(11-20)4-8-14/h3-10H,1-2H3,(H,21,23)(H,22,24). The maximum absolute atomic E-state index is 12.9. The predicted octanol–water partition coefficient (Wildman–Crippen LogP) is 3.30. The summed E-state index contributed by atoms with van der Waals surface area (Å²) in [5.74, 6) is -1.42. The van der Waals surface area contributed by atoms with Crippen LogP contribution in [0.1, 0.15) is 19.4 Å². The Bertz CT molecular complexity index is 791. The Balaban J connectivity index is 2.06. The van der Waals surface area contributed by atoms with Crippen LogP contribution in [0.15, 0.2) is 48.5 Å². The van der Waals surface area contributed by atoms with Crippen LogP contribution in [-0.4, -0.2) is 11.8 Å². The molecule has 0 aromatic heterocycles. The van der Waals surface area contributed by atoms with Crippen molar-refractivity contribution in [1.82, 2.24) is 0 Å². The van der Waals surface area contributed by atoms with E-state index in [1.54, 1.807) is 24.3 Å². The molecule has 24 heavy (non-hydrogen) atoms. The topological polar surface area (TPSA) is 82.0 Å². The fraction of sp³-hybridized carbons (Fsp3) is 0.167. The molecule has 5 nitrogen and oxygen atoms in total. The summed E-state index contributed by atoms with van der Waals surface area (Å²) in [5.41, 5.74) is 0.0195. The molecule has 2 N–H and O–H groups in total. The van der Waals surface area contributed by atoms with E-state index in [0.717, 1.165) is 0 Å². The maximum Gasteiger partial charge on any atom is 0.239 e. The third-order valence-corrected chi connectivity index (χ3v) is 3.51. The summed E-state index contributed by atoms with van der Waals surface area (Å²) in [4.78, 5) is 24.7. The number of amides is 2. The normalized spacial score (nSPS) is 10.6. The number of anilines is 2. The van der Waals surface area contributed by atoms with E-state index in [-0.39, 0.29) is 0 Å². The van der Waals surface area contributed by atoms with Gasteiger partial charge in [-0.15, -0.1) is 0 Å². The number of nitrogens with one attached hydrogen (secondary N) is 2. The van der Waals surface area contributed by atoms with Gasteiger partial charge in [-0.25, -0.2) is 4.39 Å². The molecule has 0 heterocycles. The van der Waals surface area contributed by atoms with Crippen molar-refractivity contribution in [1.29, 1.82) is 5.26 Å². The van der Waals surface area contributed by atoms with E-state index in [9.17, 15) is 14.0 Å². The first-order valence-corrected chi connectivity index (χ1v) is 7.21. The van der Waals surface area contributed by atoms with Crippen LogP contribution in [0.5, 0.6) is 0 Å². The molecule has 0 bridgehead atoms. The Hall–Kier alpha value is -3.20. The van der Waals surface area contributed by atoms with Crippen LogP contribution < -0.4 is 10.6 Å². The Morgan fingerprint density at radius 3 is 1.75 bits per heavy atom. The van der Waals surface area contributed by atoms with Gasteiger partial charge in [0, 0.05) is 11.4 Å². The summed E-state index contributed by atoms with van der Waals surface area (Å²) in [6.07, 6.45) is 0. The smallest absolute Gasteiger partial charge is 0.239 e. The van der Waals surface area contributed by atoms with Crippen molar-refractivity contribution >= 4 is 23.2 Å². The van der Waals surface area contributed by atoms with Gasteiger partial charge in [0.15, 0.2) is 0 Å². The Labute approximate surface area is 139 Å². The zero-order valence-electron chi connectivity index (χ0n) is 13.3. The number of hydrogen-bond donors (Lipinski definition) is 2.